The second-order valence-electron chi connectivity index (χ2n) is 6.70. The topological polar surface area (TPSA) is 266 Å². The van der Waals surface area contributed by atoms with Gasteiger partial charge >= 0.3 is 5.97 Å². The molecule has 0 unspecified atom stereocenters. The molecule has 0 aliphatic heterocycles. The van der Waals surface area contributed by atoms with Gasteiger partial charge in [-0.2, -0.15) is 0 Å². The minimum absolute atomic E-state index is 0.00944. The van der Waals surface area contributed by atoms with Crippen LogP contribution in [-0.2, 0) is 35.3 Å². The molecule has 1 heterocycles. The summed E-state index contributed by atoms with van der Waals surface area (Å²) < 4.78 is 0. The lowest BCUT2D eigenvalue weighted by Crippen LogP contribution is -2.43. The lowest BCUT2D eigenvalue weighted by atomic mass is 10.1. The lowest BCUT2D eigenvalue weighted by molar-refractivity contribution is -0.790. The number of aromatic amines is 1. The number of H-pyrrole nitrogens is 1. The minimum Gasteiger partial charge on any atom is -0.481 e. The molecule has 2 amide bonds. The predicted molar refractivity (Wildman–Crippen MR) is 111 cm³/mol. The van der Waals surface area contributed by atoms with E-state index >= 15 is 0 Å². The molecule has 196 valence electrons. The summed E-state index contributed by atoms with van der Waals surface area (Å²) in [6.07, 6.45) is 1.50. The molecule has 0 saturated carbocycles. The van der Waals surface area contributed by atoms with Gasteiger partial charge in [0.05, 0.1) is 12.0 Å². The van der Waals surface area contributed by atoms with Crippen LogP contribution in [0.4, 0.5) is 0 Å². The van der Waals surface area contributed by atoms with Gasteiger partial charge in [0.2, 0.25) is 11.8 Å². The van der Waals surface area contributed by atoms with Gasteiger partial charge in [-0.05, 0) is 12.8 Å². The average molecular weight is 506 g/mol. The van der Waals surface area contributed by atoms with Crippen LogP contribution in [0.3, 0.4) is 0 Å². The molecule has 1 rings (SSSR count). The highest BCUT2D eigenvalue weighted by Gasteiger charge is 2.21. The maximum Gasteiger partial charge on any atom is 0.326 e. The smallest absolute Gasteiger partial charge is 0.326 e. The molecular formula is C17H26N6O12. The Morgan fingerprint density at radius 3 is 2.31 bits per heavy atom. The van der Waals surface area contributed by atoms with E-state index < -0.39 is 52.7 Å². The summed E-state index contributed by atoms with van der Waals surface area (Å²) in [4.78, 5) is 79.3. The number of amides is 2. The van der Waals surface area contributed by atoms with Crippen molar-refractivity contribution < 1.29 is 49.2 Å². The molecule has 0 aliphatic rings. The fourth-order valence-electron chi connectivity index (χ4n) is 2.40. The Bertz CT molecular complexity index is 843. The summed E-state index contributed by atoms with van der Waals surface area (Å²) in [7, 11) is 0. The van der Waals surface area contributed by atoms with Gasteiger partial charge in [-0.15, -0.1) is 20.2 Å². The number of aromatic nitrogens is 2. The zero-order chi connectivity index (χ0) is 26.8. The second kappa shape index (κ2) is 17.0. The Balaban J connectivity index is 0.00000267. The number of carboxylic acid groups (broad SMARTS) is 2. The molecule has 1 aromatic rings. The van der Waals surface area contributed by atoms with Crippen molar-refractivity contribution in [1.82, 2.24) is 20.6 Å². The van der Waals surface area contributed by atoms with Gasteiger partial charge in [0.25, 0.3) is 16.1 Å². The molecule has 5 N–H and O–H groups in total. The normalized spacial score (nSPS) is 11.6. The van der Waals surface area contributed by atoms with Crippen LogP contribution in [0, 0.1) is 20.2 Å². The fourth-order valence-corrected chi connectivity index (χ4v) is 2.40. The van der Waals surface area contributed by atoms with E-state index in [0.717, 1.165) is 6.92 Å². The van der Waals surface area contributed by atoms with Gasteiger partial charge in [0.1, 0.15) is 18.8 Å². The van der Waals surface area contributed by atoms with Crippen LogP contribution < -0.4 is 10.6 Å². The first-order valence-corrected chi connectivity index (χ1v) is 9.95. The maximum absolute atomic E-state index is 11.9. The monoisotopic (exact) mass is 506 g/mol. The minimum atomic E-state index is -1.23. The van der Waals surface area contributed by atoms with E-state index in [1.165, 1.54) is 12.5 Å². The number of nitrogens with one attached hydrogen (secondary N) is 3. The molecular weight excluding hydrogens is 480 g/mol. The standard InChI is InChI=1S/C15H22N6O10.C2H4O2/c22-13(3-1-2-11(31-21(28)29)8-30-20(26)27)17-5-4-14(23)19-12(15(24)25)6-10-7-16-9-18-10;1-2(3)4/h7,9,11-12H,1-6,8H2,(H,16,18)(H,17,22)(H,19,23)(H,24,25);1H3,(H,3,4)/t11-,12-;/m0./s1. The molecule has 18 heteroatoms. The van der Waals surface area contributed by atoms with E-state index in [-0.39, 0.29) is 38.6 Å². The van der Waals surface area contributed by atoms with Crippen LogP contribution in [0.2, 0.25) is 0 Å². The largest absolute Gasteiger partial charge is 0.481 e. The van der Waals surface area contributed by atoms with Crippen molar-refractivity contribution >= 4 is 23.8 Å². The summed E-state index contributed by atoms with van der Waals surface area (Å²) in [6, 6.07) is -1.17. The van der Waals surface area contributed by atoms with Crippen LogP contribution in [0.5, 0.6) is 0 Å². The van der Waals surface area contributed by atoms with E-state index in [1.807, 2.05) is 0 Å². The zero-order valence-electron chi connectivity index (χ0n) is 18.6. The van der Waals surface area contributed by atoms with Gasteiger partial charge in [-0.1, -0.05) is 0 Å². The first kappa shape index (κ1) is 30.5. The van der Waals surface area contributed by atoms with E-state index in [1.54, 1.807) is 0 Å². The highest BCUT2D eigenvalue weighted by atomic mass is 17.0. The molecule has 0 radical (unpaired) electrons. The number of imidazole rings is 1. The Morgan fingerprint density at radius 1 is 1.14 bits per heavy atom. The Kier molecular flexibility index (Phi) is 14.8. The van der Waals surface area contributed by atoms with Crippen LogP contribution >= 0.6 is 0 Å². The van der Waals surface area contributed by atoms with Crippen LogP contribution in [-0.4, -0.2) is 79.4 Å². The summed E-state index contributed by atoms with van der Waals surface area (Å²) in [5.74, 6) is -3.11. The Labute approximate surface area is 197 Å². The summed E-state index contributed by atoms with van der Waals surface area (Å²) in [5.41, 5.74) is 0.462. The molecule has 35 heavy (non-hydrogen) atoms. The highest BCUT2D eigenvalue weighted by molar-refractivity contribution is 5.84. The Morgan fingerprint density at radius 2 is 1.80 bits per heavy atom. The number of aliphatic carboxylic acids is 2. The number of carbonyl (C=O) groups excluding carboxylic acids is 2. The zero-order valence-corrected chi connectivity index (χ0v) is 18.6. The number of carboxylic acids is 2. The molecule has 0 spiro atoms. The van der Waals surface area contributed by atoms with Crippen molar-refractivity contribution in [1.29, 1.82) is 0 Å². The van der Waals surface area contributed by atoms with Gasteiger partial charge in [0, 0.05) is 38.9 Å². The number of hydrogen-bond donors (Lipinski definition) is 5. The van der Waals surface area contributed by atoms with E-state index in [4.69, 9.17) is 9.90 Å². The van der Waals surface area contributed by atoms with Crippen LogP contribution in [0.15, 0.2) is 12.5 Å². The molecule has 18 nitrogen and oxygen atoms in total. The van der Waals surface area contributed by atoms with Crippen molar-refractivity contribution in [3.05, 3.63) is 38.4 Å². The van der Waals surface area contributed by atoms with Crippen molar-refractivity contribution in [2.24, 2.45) is 0 Å². The second-order valence-corrected chi connectivity index (χ2v) is 6.70. The summed E-state index contributed by atoms with van der Waals surface area (Å²) in [5, 5.41) is 39.7. The first-order chi connectivity index (χ1) is 16.4. The van der Waals surface area contributed by atoms with E-state index in [9.17, 15) is 39.7 Å². The molecule has 0 aromatic carbocycles. The predicted octanol–water partition coefficient (Wildman–Crippen LogP) is -0.926. The van der Waals surface area contributed by atoms with Crippen molar-refractivity contribution in [2.45, 2.75) is 51.2 Å². The maximum atomic E-state index is 11.9. The van der Waals surface area contributed by atoms with Crippen molar-refractivity contribution in [3.63, 3.8) is 0 Å². The molecule has 0 aliphatic carbocycles. The fraction of sp³-hybridized carbons (Fsp3) is 0.588. The average Bonchev–Trinajstić information content (AvgIpc) is 3.23. The lowest BCUT2D eigenvalue weighted by Gasteiger charge is -2.14. The third kappa shape index (κ3) is 17.7. The molecule has 0 saturated heterocycles. The molecule has 0 fully saturated rings. The van der Waals surface area contributed by atoms with Gasteiger partial charge in [-0.25, -0.2) is 9.78 Å². The van der Waals surface area contributed by atoms with Crippen molar-refractivity contribution in [2.75, 3.05) is 13.2 Å². The highest BCUT2D eigenvalue weighted by Crippen LogP contribution is 2.07. The third-order valence-electron chi connectivity index (χ3n) is 3.81. The van der Waals surface area contributed by atoms with Gasteiger partial charge < -0.3 is 35.5 Å². The van der Waals surface area contributed by atoms with E-state index in [2.05, 4.69) is 30.3 Å². The van der Waals surface area contributed by atoms with E-state index in [0.29, 0.717) is 5.69 Å². The molecule has 0 bridgehead atoms. The third-order valence-corrected chi connectivity index (χ3v) is 3.81. The SMILES string of the molecule is CC(=O)O.O=C(CCC[C@@H](CO[N+](=O)[O-])O[N+](=O)[O-])NCCC(=O)N[C@@H](Cc1c[nH]cn1)C(=O)O. The first-order valence-electron chi connectivity index (χ1n) is 9.95. The number of rotatable bonds is 16. The van der Waals surface area contributed by atoms with Crippen molar-refractivity contribution in [3.8, 4) is 0 Å². The van der Waals surface area contributed by atoms with Crippen LogP contribution in [0.25, 0.3) is 0 Å². The molecule has 2 atom stereocenters. The number of hydrogen-bond acceptors (Lipinski definition) is 11. The number of carbonyl (C=O) groups is 4. The van der Waals surface area contributed by atoms with Crippen LogP contribution in [0.1, 0.15) is 38.3 Å². The summed E-state index contributed by atoms with van der Waals surface area (Å²) in [6.45, 7) is 0.372. The quantitative estimate of drug-likeness (QED) is 0.134. The summed E-state index contributed by atoms with van der Waals surface area (Å²) >= 11 is 0. The van der Waals surface area contributed by atoms with Gasteiger partial charge in [0.15, 0.2) is 0 Å². The Hall–Kier alpha value is -4.51. The number of nitrogens with zero attached hydrogens (tertiary/aromatic N) is 3. The van der Waals surface area contributed by atoms with Gasteiger partial charge in [-0.3, -0.25) is 14.4 Å². The molecule has 1 aromatic heterocycles.